The van der Waals surface area contributed by atoms with Crippen LogP contribution in [-0.2, 0) is 9.59 Å². The molecule has 1 fully saturated rings. The van der Waals surface area contributed by atoms with Gasteiger partial charge in [-0.3, -0.25) is 20.3 Å². The van der Waals surface area contributed by atoms with Crippen molar-refractivity contribution in [3.8, 4) is 0 Å². The number of hydrogen-bond donors (Lipinski definition) is 3. The lowest BCUT2D eigenvalue weighted by Crippen LogP contribution is -2.62. The molecular formula is C7H12N4O3. The summed E-state index contributed by atoms with van der Waals surface area (Å²) in [7, 11) is 0. The van der Waals surface area contributed by atoms with Crippen molar-refractivity contribution in [1.82, 2.24) is 15.6 Å². The van der Waals surface area contributed by atoms with Gasteiger partial charge in [-0.05, 0) is 6.42 Å². The fraction of sp³-hybridized carbons (Fsp3) is 0.571. The van der Waals surface area contributed by atoms with Gasteiger partial charge in [0.2, 0.25) is 11.8 Å². The minimum absolute atomic E-state index is 0.146. The van der Waals surface area contributed by atoms with Crippen molar-refractivity contribution in [2.24, 2.45) is 5.84 Å². The van der Waals surface area contributed by atoms with E-state index in [0.717, 1.165) is 4.90 Å². The Morgan fingerprint density at radius 3 is 2.86 bits per heavy atom. The monoisotopic (exact) mass is 200 g/mol. The SMILES string of the molecule is CCC1C(=O)NC(=O)CN1C(=O)NN. The molecule has 14 heavy (non-hydrogen) atoms. The van der Waals surface area contributed by atoms with Crippen LogP contribution in [0.4, 0.5) is 4.79 Å². The first-order valence-corrected chi connectivity index (χ1v) is 4.21. The Bertz CT molecular complexity index is 278. The van der Waals surface area contributed by atoms with E-state index in [1.54, 1.807) is 6.92 Å². The predicted octanol–water partition coefficient (Wildman–Crippen LogP) is -1.69. The van der Waals surface area contributed by atoms with Gasteiger partial charge in [-0.25, -0.2) is 10.6 Å². The van der Waals surface area contributed by atoms with E-state index in [-0.39, 0.29) is 6.54 Å². The molecule has 0 bridgehead atoms. The average Bonchev–Trinajstić information content (AvgIpc) is 2.15. The lowest BCUT2D eigenvalue weighted by Gasteiger charge is -2.32. The maximum Gasteiger partial charge on any atom is 0.332 e. The molecule has 1 aliphatic heterocycles. The topological polar surface area (TPSA) is 105 Å². The predicted molar refractivity (Wildman–Crippen MR) is 46.7 cm³/mol. The number of urea groups is 1. The Morgan fingerprint density at radius 2 is 2.36 bits per heavy atom. The van der Waals surface area contributed by atoms with Gasteiger partial charge in [-0.1, -0.05) is 6.92 Å². The molecule has 0 aliphatic carbocycles. The smallest absolute Gasteiger partial charge is 0.302 e. The van der Waals surface area contributed by atoms with Crippen molar-refractivity contribution >= 4 is 17.8 Å². The highest BCUT2D eigenvalue weighted by molar-refractivity contribution is 6.03. The van der Waals surface area contributed by atoms with Crippen molar-refractivity contribution in [2.75, 3.05) is 6.54 Å². The minimum atomic E-state index is -0.628. The van der Waals surface area contributed by atoms with Crippen molar-refractivity contribution < 1.29 is 14.4 Å². The minimum Gasteiger partial charge on any atom is -0.302 e. The summed E-state index contributed by atoms with van der Waals surface area (Å²) in [6, 6.07) is -1.25. The first-order valence-electron chi connectivity index (χ1n) is 4.21. The molecular weight excluding hydrogens is 188 g/mol. The zero-order valence-corrected chi connectivity index (χ0v) is 7.74. The van der Waals surface area contributed by atoms with Crippen LogP contribution in [0.5, 0.6) is 0 Å². The number of nitrogens with one attached hydrogen (secondary N) is 2. The van der Waals surface area contributed by atoms with Gasteiger partial charge >= 0.3 is 6.03 Å². The first-order chi connectivity index (χ1) is 6.60. The lowest BCUT2D eigenvalue weighted by atomic mass is 10.1. The average molecular weight is 200 g/mol. The fourth-order valence-electron chi connectivity index (χ4n) is 1.37. The number of carbonyl (C=O) groups excluding carboxylic acids is 3. The van der Waals surface area contributed by atoms with Crippen LogP contribution in [0.15, 0.2) is 0 Å². The molecule has 1 heterocycles. The van der Waals surface area contributed by atoms with Crippen LogP contribution >= 0.6 is 0 Å². The van der Waals surface area contributed by atoms with E-state index in [2.05, 4.69) is 5.32 Å². The standard InChI is InChI=1S/C7H12N4O3/c1-2-4-6(13)9-5(12)3-11(4)7(14)10-8/h4H,2-3,8H2,1H3,(H,10,14)(H,9,12,13). The second-order valence-corrected chi connectivity index (χ2v) is 2.91. The summed E-state index contributed by atoms with van der Waals surface area (Å²) >= 11 is 0. The molecule has 7 heteroatoms. The normalized spacial score (nSPS) is 21.9. The highest BCUT2D eigenvalue weighted by Gasteiger charge is 2.35. The summed E-state index contributed by atoms with van der Waals surface area (Å²) in [6.07, 6.45) is 0.437. The van der Waals surface area contributed by atoms with E-state index < -0.39 is 23.9 Å². The second-order valence-electron chi connectivity index (χ2n) is 2.91. The molecule has 0 saturated carbocycles. The highest BCUT2D eigenvalue weighted by Crippen LogP contribution is 2.08. The number of nitrogens with zero attached hydrogens (tertiary/aromatic N) is 1. The summed E-state index contributed by atoms with van der Waals surface area (Å²) in [5.74, 6) is 3.96. The van der Waals surface area contributed by atoms with Gasteiger partial charge in [0.1, 0.15) is 12.6 Å². The van der Waals surface area contributed by atoms with Crippen LogP contribution in [0.1, 0.15) is 13.3 Å². The summed E-state index contributed by atoms with van der Waals surface area (Å²) in [6.45, 7) is 1.60. The van der Waals surface area contributed by atoms with Crippen LogP contribution in [0, 0.1) is 0 Å². The third kappa shape index (κ3) is 1.82. The molecule has 0 spiro atoms. The molecule has 0 aromatic carbocycles. The van der Waals surface area contributed by atoms with Gasteiger partial charge < -0.3 is 4.90 Å². The number of piperazine rings is 1. The number of hydrazine groups is 1. The van der Waals surface area contributed by atoms with Gasteiger partial charge in [0.25, 0.3) is 0 Å². The highest BCUT2D eigenvalue weighted by atomic mass is 16.2. The second kappa shape index (κ2) is 4.05. The van der Waals surface area contributed by atoms with Gasteiger partial charge in [-0.15, -0.1) is 0 Å². The summed E-state index contributed by atoms with van der Waals surface area (Å²) in [4.78, 5) is 34.5. The molecule has 1 atom stereocenters. The van der Waals surface area contributed by atoms with E-state index in [0.29, 0.717) is 6.42 Å². The number of rotatable bonds is 1. The zero-order chi connectivity index (χ0) is 10.7. The molecule has 1 rings (SSSR count). The lowest BCUT2D eigenvalue weighted by molar-refractivity contribution is -0.138. The van der Waals surface area contributed by atoms with Crippen LogP contribution in [0.25, 0.3) is 0 Å². The van der Waals surface area contributed by atoms with Gasteiger partial charge in [0.15, 0.2) is 0 Å². The molecule has 4 N–H and O–H groups in total. The van der Waals surface area contributed by atoms with Crippen molar-refractivity contribution in [1.29, 1.82) is 0 Å². The van der Waals surface area contributed by atoms with Crippen LogP contribution < -0.4 is 16.6 Å². The maximum absolute atomic E-state index is 11.3. The van der Waals surface area contributed by atoms with E-state index in [9.17, 15) is 14.4 Å². The van der Waals surface area contributed by atoms with E-state index in [4.69, 9.17) is 5.84 Å². The van der Waals surface area contributed by atoms with Crippen LogP contribution in [-0.4, -0.2) is 35.3 Å². The Labute approximate surface area is 80.6 Å². The molecule has 1 aliphatic rings. The molecule has 0 aromatic heterocycles. The summed E-state index contributed by atoms with van der Waals surface area (Å²) < 4.78 is 0. The number of imide groups is 1. The van der Waals surface area contributed by atoms with Gasteiger partial charge in [0.05, 0.1) is 0 Å². The Balaban J connectivity index is 2.83. The quantitative estimate of drug-likeness (QED) is 0.203. The van der Waals surface area contributed by atoms with Crippen molar-refractivity contribution in [3.05, 3.63) is 0 Å². The molecule has 1 saturated heterocycles. The van der Waals surface area contributed by atoms with Crippen molar-refractivity contribution in [2.45, 2.75) is 19.4 Å². The van der Waals surface area contributed by atoms with Crippen LogP contribution in [0.3, 0.4) is 0 Å². The first kappa shape index (κ1) is 10.5. The Hall–Kier alpha value is -1.63. The van der Waals surface area contributed by atoms with E-state index in [1.165, 1.54) is 0 Å². The fourth-order valence-corrected chi connectivity index (χ4v) is 1.37. The molecule has 0 radical (unpaired) electrons. The Kier molecular flexibility index (Phi) is 3.03. The largest absolute Gasteiger partial charge is 0.332 e. The molecule has 1 unspecified atom stereocenters. The Morgan fingerprint density at radius 1 is 1.71 bits per heavy atom. The third-order valence-corrected chi connectivity index (χ3v) is 2.03. The van der Waals surface area contributed by atoms with Gasteiger partial charge in [-0.2, -0.15) is 0 Å². The number of nitrogens with two attached hydrogens (primary N) is 1. The summed E-state index contributed by atoms with van der Waals surface area (Å²) in [5, 5.41) is 2.15. The van der Waals surface area contributed by atoms with Gasteiger partial charge in [0, 0.05) is 0 Å². The van der Waals surface area contributed by atoms with Crippen molar-refractivity contribution in [3.63, 3.8) is 0 Å². The summed E-state index contributed by atoms with van der Waals surface area (Å²) in [5.41, 5.74) is 1.89. The maximum atomic E-state index is 11.3. The third-order valence-electron chi connectivity index (χ3n) is 2.03. The zero-order valence-electron chi connectivity index (χ0n) is 7.74. The molecule has 4 amide bonds. The molecule has 0 aromatic rings. The molecule has 7 nitrogen and oxygen atoms in total. The van der Waals surface area contributed by atoms with E-state index >= 15 is 0 Å². The number of hydrogen-bond acceptors (Lipinski definition) is 4. The number of carbonyl (C=O) groups is 3. The molecule has 78 valence electrons. The van der Waals surface area contributed by atoms with Crippen LogP contribution in [0.2, 0.25) is 0 Å². The number of amides is 4. The van der Waals surface area contributed by atoms with E-state index in [1.807, 2.05) is 5.43 Å².